The zero-order valence-electron chi connectivity index (χ0n) is 11.7. The standard InChI is InChI=1S/C17H17N3S/c18-11-13-1-3-14(4-2-13)15-5-7-17(8-6-15)21-20-10-9-16(19)12-20/h1-8,16H,9-10,12,19H2. The van der Waals surface area contributed by atoms with Gasteiger partial charge in [0, 0.05) is 24.0 Å². The quantitative estimate of drug-likeness (QED) is 0.883. The zero-order valence-corrected chi connectivity index (χ0v) is 12.5. The maximum Gasteiger partial charge on any atom is 0.0991 e. The van der Waals surface area contributed by atoms with Gasteiger partial charge in [0.05, 0.1) is 11.6 Å². The van der Waals surface area contributed by atoms with Gasteiger partial charge in [-0.2, -0.15) is 5.26 Å². The van der Waals surface area contributed by atoms with Crippen LogP contribution < -0.4 is 5.73 Å². The lowest BCUT2D eigenvalue weighted by Crippen LogP contribution is -2.22. The Balaban J connectivity index is 1.70. The van der Waals surface area contributed by atoms with Crippen molar-refractivity contribution < 1.29 is 0 Å². The fourth-order valence-electron chi connectivity index (χ4n) is 2.43. The normalized spacial score (nSPS) is 18.6. The van der Waals surface area contributed by atoms with Crippen LogP contribution in [0, 0.1) is 11.3 Å². The Morgan fingerprint density at radius 2 is 1.67 bits per heavy atom. The van der Waals surface area contributed by atoms with Crippen LogP contribution in [0.25, 0.3) is 11.1 Å². The maximum absolute atomic E-state index is 8.82. The van der Waals surface area contributed by atoms with Crippen molar-refractivity contribution in [2.75, 3.05) is 13.1 Å². The largest absolute Gasteiger partial charge is 0.326 e. The summed E-state index contributed by atoms with van der Waals surface area (Å²) >= 11 is 1.78. The average molecular weight is 295 g/mol. The minimum atomic E-state index is 0.315. The van der Waals surface area contributed by atoms with Gasteiger partial charge in [-0.25, -0.2) is 4.31 Å². The predicted molar refractivity (Wildman–Crippen MR) is 86.6 cm³/mol. The van der Waals surface area contributed by atoms with Crippen molar-refractivity contribution in [2.24, 2.45) is 5.73 Å². The molecule has 1 fully saturated rings. The molecular weight excluding hydrogens is 278 g/mol. The second-order valence-corrected chi connectivity index (χ2v) is 6.41. The van der Waals surface area contributed by atoms with Crippen molar-refractivity contribution in [2.45, 2.75) is 17.4 Å². The van der Waals surface area contributed by atoms with Gasteiger partial charge >= 0.3 is 0 Å². The van der Waals surface area contributed by atoms with E-state index in [-0.39, 0.29) is 0 Å². The fourth-order valence-corrected chi connectivity index (χ4v) is 3.45. The van der Waals surface area contributed by atoms with Crippen molar-refractivity contribution in [3.05, 3.63) is 54.1 Å². The van der Waals surface area contributed by atoms with E-state index >= 15 is 0 Å². The highest BCUT2D eigenvalue weighted by Gasteiger charge is 2.19. The van der Waals surface area contributed by atoms with Crippen molar-refractivity contribution in [3.63, 3.8) is 0 Å². The lowest BCUT2D eigenvalue weighted by molar-refractivity contribution is 0.573. The van der Waals surface area contributed by atoms with Gasteiger partial charge in [-0.15, -0.1) is 0 Å². The van der Waals surface area contributed by atoms with E-state index < -0.39 is 0 Å². The summed E-state index contributed by atoms with van der Waals surface area (Å²) in [6.45, 7) is 2.02. The van der Waals surface area contributed by atoms with Gasteiger partial charge in [-0.05, 0) is 53.8 Å². The first-order valence-corrected chi connectivity index (χ1v) is 7.81. The highest BCUT2D eigenvalue weighted by molar-refractivity contribution is 7.97. The summed E-state index contributed by atoms with van der Waals surface area (Å²) in [5.74, 6) is 0. The first-order chi connectivity index (χ1) is 10.2. The van der Waals surface area contributed by atoms with E-state index in [2.05, 4.69) is 34.6 Å². The van der Waals surface area contributed by atoms with Crippen LogP contribution in [0.1, 0.15) is 12.0 Å². The van der Waals surface area contributed by atoms with Crippen LogP contribution in [0.15, 0.2) is 53.4 Å². The van der Waals surface area contributed by atoms with E-state index in [1.54, 1.807) is 11.9 Å². The number of nitrogens with zero attached hydrogens (tertiary/aromatic N) is 2. The third-order valence-corrected chi connectivity index (χ3v) is 4.70. The fraction of sp³-hybridized carbons (Fsp3) is 0.235. The number of rotatable bonds is 3. The van der Waals surface area contributed by atoms with Gasteiger partial charge in [-0.3, -0.25) is 0 Å². The van der Waals surface area contributed by atoms with Crippen LogP contribution in [-0.2, 0) is 0 Å². The highest BCUT2D eigenvalue weighted by Crippen LogP contribution is 2.28. The Labute approximate surface area is 129 Å². The summed E-state index contributed by atoms with van der Waals surface area (Å²) < 4.78 is 2.32. The average Bonchev–Trinajstić information content (AvgIpc) is 2.93. The van der Waals surface area contributed by atoms with E-state index in [9.17, 15) is 0 Å². The molecule has 0 amide bonds. The number of nitrogens with two attached hydrogens (primary N) is 1. The van der Waals surface area contributed by atoms with Crippen molar-refractivity contribution in [3.8, 4) is 17.2 Å². The molecule has 2 N–H and O–H groups in total. The van der Waals surface area contributed by atoms with E-state index in [0.29, 0.717) is 11.6 Å². The van der Waals surface area contributed by atoms with Crippen LogP contribution in [0.2, 0.25) is 0 Å². The Kier molecular flexibility index (Phi) is 4.26. The number of nitriles is 1. The molecule has 0 spiro atoms. The first-order valence-electron chi connectivity index (χ1n) is 7.04. The molecule has 1 unspecified atom stereocenters. The monoisotopic (exact) mass is 295 g/mol. The van der Waals surface area contributed by atoms with Gasteiger partial charge in [0.2, 0.25) is 0 Å². The summed E-state index contributed by atoms with van der Waals surface area (Å²) in [5.41, 5.74) is 8.92. The molecule has 0 saturated carbocycles. The molecule has 106 valence electrons. The third-order valence-electron chi connectivity index (χ3n) is 3.62. The van der Waals surface area contributed by atoms with Crippen molar-refractivity contribution in [1.29, 1.82) is 5.26 Å². The highest BCUT2D eigenvalue weighted by atomic mass is 32.2. The Morgan fingerprint density at radius 3 is 2.19 bits per heavy atom. The van der Waals surface area contributed by atoms with Crippen LogP contribution in [0.5, 0.6) is 0 Å². The van der Waals surface area contributed by atoms with Gasteiger partial charge in [0.15, 0.2) is 0 Å². The van der Waals surface area contributed by atoms with E-state index in [4.69, 9.17) is 11.0 Å². The Morgan fingerprint density at radius 1 is 1.05 bits per heavy atom. The topological polar surface area (TPSA) is 53.0 Å². The molecule has 1 aliphatic rings. The van der Waals surface area contributed by atoms with Gasteiger partial charge in [0.1, 0.15) is 0 Å². The molecule has 0 aliphatic carbocycles. The van der Waals surface area contributed by atoms with E-state index in [1.807, 2.05) is 24.3 Å². The van der Waals surface area contributed by atoms with Crippen LogP contribution in [0.3, 0.4) is 0 Å². The molecule has 1 saturated heterocycles. The van der Waals surface area contributed by atoms with Gasteiger partial charge in [-0.1, -0.05) is 24.3 Å². The van der Waals surface area contributed by atoms with Crippen molar-refractivity contribution in [1.82, 2.24) is 4.31 Å². The molecule has 21 heavy (non-hydrogen) atoms. The lowest BCUT2D eigenvalue weighted by Gasteiger charge is -2.14. The molecule has 1 aliphatic heterocycles. The smallest absolute Gasteiger partial charge is 0.0991 e. The number of hydrogen-bond donors (Lipinski definition) is 1. The predicted octanol–water partition coefficient (Wildman–Crippen LogP) is 3.27. The molecule has 1 heterocycles. The second kappa shape index (κ2) is 6.31. The molecule has 4 heteroatoms. The molecule has 1 atom stereocenters. The van der Waals surface area contributed by atoms with Gasteiger partial charge < -0.3 is 5.73 Å². The molecule has 3 rings (SSSR count). The minimum absolute atomic E-state index is 0.315. The van der Waals surface area contributed by atoms with Gasteiger partial charge in [0.25, 0.3) is 0 Å². The summed E-state index contributed by atoms with van der Waals surface area (Å²) in [4.78, 5) is 1.24. The molecule has 2 aromatic rings. The van der Waals surface area contributed by atoms with E-state index in [1.165, 1.54) is 10.5 Å². The number of hydrogen-bond acceptors (Lipinski definition) is 4. The van der Waals surface area contributed by atoms with Crippen LogP contribution >= 0.6 is 11.9 Å². The lowest BCUT2D eigenvalue weighted by atomic mass is 10.0. The molecule has 3 nitrogen and oxygen atoms in total. The Bertz CT molecular complexity index is 643. The van der Waals surface area contributed by atoms with Crippen molar-refractivity contribution >= 4 is 11.9 Å². The van der Waals surface area contributed by atoms with Crippen LogP contribution in [-0.4, -0.2) is 23.4 Å². The summed E-state index contributed by atoms with van der Waals surface area (Å²) in [6.07, 6.45) is 1.08. The minimum Gasteiger partial charge on any atom is -0.326 e. The van der Waals surface area contributed by atoms with Crippen LogP contribution in [0.4, 0.5) is 0 Å². The molecule has 2 aromatic carbocycles. The molecule has 0 aromatic heterocycles. The molecular formula is C17H17N3S. The maximum atomic E-state index is 8.82. The molecule has 0 radical (unpaired) electrons. The van der Waals surface area contributed by atoms with E-state index in [0.717, 1.165) is 25.1 Å². The summed E-state index contributed by atoms with van der Waals surface area (Å²) in [5, 5.41) is 8.82. The first kappa shape index (κ1) is 14.2. The zero-order chi connectivity index (χ0) is 14.7. The third kappa shape index (κ3) is 3.45. The molecule has 0 bridgehead atoms. The summed E-state index contributed by atoms with van der Waals surface area (Å²) in [6, 6.07) is 18.7. The number of benzene rings is 2. The second-order valence-electron chi connectivity index (χ2n) is 5.24. The Hall–Kier alpha value is -1.80. The summed E-state index contributed by atoms with van der Waals surface area (Å²) in [7, 11) is 0. The SMILES string of the molecule is N#Cc1ccc(-c2ccc(SN3CCC(N)C3)cc2)cc1.